The van der Waals surface area contributed by atoms with Crippen molar-refractivity contribution in [3.8, 4) is 5.75 Å². The van der Waals surface area contributed by atoms with Crippen LogP contribution in [-0.4, -0.2) is 25.7 Å². The van der Waals surface area contributed by atoms with Crippen molar-refractivity contribution in [2.75, 3.05) is 6.61 Å². The van der Waals surface area contributed by atoms with Crippen molar-refractivity contribution in [1.29, 1.82) is 0 Å². The lowest BCUT2D eigenvalue weighted by Gasteiger charge is -2.37. The van der Waals surface area contributed by atoms with Crippen LogP contribution >= 0.6 is 0 Å². The zero-order valence-electron chi connectivity index (χ0n) is 17.4. The minimum absolute atomic E-state index is 0.246. The number of unbranched alkanes of at least 4 members (excludes halogenated alkanes) is 1. The van der Waals surface area contributed by atoms with E-state index in [1.54, 1.807) is 0 Å². The van der Waals surface area contributed by atoms with Crippen molar-refractivity contribution in [2.45, 2.75) is 24.9 Å². The largest absolute Gasteiger partial charge is 0.494 e. The Morgan fingerprint density at radius 2 is 1.50 bits per heavy atom. The van der Waals surface area contributed by atoms with E-state index in [0.717, 1.165) is 25.2 Å². The van der Waals surface area contributed by atoms with Gasteiger partial charge in [-0.3, -0.25) is 0 Å². The van der Waals surface area contributed by atoms with Crippen molar-refractivity contribution in [3.63, 3.8) is 0 Å². The molecule has 0 aliphatic carbocycles. The standard InChI is InChI=1S/C26H28N2OSi/c1-2-3-20-29-24-14-16-25(17-15-24)30-26(28-19-18-27-21-28,22-10-6-4-7-11-22)23-12-8-5-9-13-23/h4-19,21H,2-3,20,30H2,1H3. The van der Waals surface area contributed by atoms with E-state index >= 15 is 0 Å². The fraction of sp³-hybridized carbons (Fsp3) is 0.192. The van der Waals surface area contributed by atoms with Gasteiger partial charge in [0.15, 0.2) is 0 Å². The fourth-order valence-electron chi connectivity index (χ4n) is 4.01. The minimum atomic E-state index is -0.842. The van der Waals surface area contributed by atoms with E-state index in [0.29, 0.717) is 0 Å². The van der Waals surface area contributed by atoms with Crippen molar-refractivity contribution >= 4 is 14.7 Å². The van der Waals surface area contributed by atoms with Gasteiger partial charge in [-0.05, 0) is 29.7 Å². The van der Waals surface area contributed by atoms with Crippen molar-refractivity contribution in [2.24, 2.45) is 0 Å². The van der Waals surface area contributed by atoms with Crippen LogP contribution in [0.1, 0.15) is 30.9 Å². The maximum absolute atomic E-state index is 5.87. The van der Waals surface area contributed by atoms with Crippen LogP contribution < -0.4 is 9.92 Å². The van der Waals surface area contributed by atoms with Crippen molar-refractivity contribution < 1.29 is 4.74 Å². The van der Waals surface area contributed by atoms with Gasteiger partial charge < -0.3 is 9.30 Å². The fourth-order valence-corrected chi connectivity index (χ4v) is 6.32. The molecule has 0 aliphatic heterocycles. The molecule has 0 unspecified atom stereocenters. The van der Waals surface area contributed by atoms with Crippen molar-refractivity contribution in [1.82, 2.24) is 9.55 Å². The molecule has 1 heterocycles. The zero-order valence-corrected chi connectivity index (χ0v) is 18.9. The molecule has 0 saturated carbocycles. The topological polar surface area (TPSA) is 27.1 Å². The molecule has 4 rings (SSSR count). The Balaban J connectivity index is 1.76. The van der Waals surface area contributed by atoms with E-state index in [4.69, 9.17) is 4.74 Å². The summed E-state index contributed by atoms with van der Waals surface area (Å²) in [5.74, 6) is 0.953. The number of rotatable bonds is 9. The molecule has 0 spiro atoms. The molecule has 1 aromatic heterocycles. The van der Waals surface area contributed by atoms with E-state index in [1.165, 1.54) is 16.3 Å². The number of aromatic nitrogens is 2. The third-order valence-corrected chi connectivity index (χ3v) is 8.17. The predicted octanol–water partition coefficient (Wildman–Crippen LogP) is 4.31. The summed E-state index contributed by atoms with van der Waals surface area (Å²) < 4.78 is 8.16. The first kappa shape index (κ1) is 20.2. The number of benzene rings is 3. The second-order valence-corrected chi connectivity index (χ2v) is 9.78. The van der Waals surface area contributed by atoms with Gasteiger partial charge in [-0.25, -0.2) is 4.98 Å². The Hall–Kier alpha value is -3.11. The average Bonchev–Trinajstić information content (AvgIpc) is 3.35. The Morgan fingerprint density at radius 3 is 2.03 bits per heavy atom. The summed E-state index contributed by atoms with van der Waals surface area (Å²) in [7, 11) is -0.842. The van der Waals surface area contributed by atoms with E-state index in [9.17, 15) is 0 Å². The summed E-state index contributed by atoms with van der Waals surface area (Å²) >= 11 is 0. The summed E-state index contributed by atoms with van der Waals surface area (Å²) in [5, 5.41) is 1.14. The van der Waals surface area contributed by atoms with Crippen LogP contribution in [0.15, 0.2) is 104 Å². The molecule has 4 aromatic rings. The molecule has 3 nitrogen and oxygen atoms in total. The molecular formula is C26H28N2OSi. The highest BCUT2D eigenvalue weighted by atomic mass is 28.2. The van der Waals surface area contributed by atoms with Crippen molar-refractivity contribution in [3.05, 3.63) is 115 Å². The molecule has 152 valence electrons. The first-order valence-electron chi connectivity index (χ1n) is 10.6. The Bertz CT molecular complexity index is 976. The van der Waals surface area contributed by atoms with Crippen LogP contribution in [0, 0.1) is 0 Å². The highest BCUT2D eigenvalue weighted by Gasteiger charge is 2.36. The number of ether oxygens (including phenoxy) is 1. The molecule has 4 heteroatoms. The quantitative estimate of drug-likeness (QED) is 0.303. The van der Waals surface area contributed by atoms with Gasteiger partial charge in [-0.2, -0.15) is 0 Å². The third kappa shape index (κ3) is 4.24. The lowest BCUT2D eigenvalue weighted by atomic mass is 9.97. The normalized spacial score (nSPS) is 11.8. The maximum Gasteiger partial charge on any atom is 0.119 e. The lowest BCUT2D eigenvalue weighted by molar-refractivity contribution is 0.309. The molecule has 0 amide bonds. The molecule has 0 atom stereocenters. The average molecular weight is 413 g/mol. The van der Waals surface area contributed by atoms with Gasteiger partial charge in [0, 0.05) is 12.4 Å². The summed E-state index contributed by atoms with van der Waals surface area (Å²) in [6, 6.07) is 30.3. The van der Waals surface area contributed by atoms with E-state index in [2.05, 4.69) is 108 Å². The first-order valence-corrected chi connectivity index (χ1v) is 12.1. The van der Waals surface area contributed by atoms with Gasteiger partial charge in [-0.15, -0.1) is 0 Å². The van der Waals surface area contributed by atoms with Crippen LogP contribution in [0.25, 0.3) is 0 Å². The molecule has 30 heavy (non-hydrogen) atoms. The van der Waals surface area contributed by atoms with Gasteiger partial charge in [-0.1, -0.05) is 91.3 Å². The maximum atomic E-state index is 5.87. The number of hydrogen-bond donors (Lipinski definition) is 0. The summed E-state index contributed by atoms with van der Waals surface area (Å²) in [6.07, 6.45) is 8.15. The molecule has 0 N–H and O–H groups in total. The van der Waals surface area contributed by atoms with Gasteiger partial charge in [0.1, 0.15) is 5.75 Å². The highest BCUT2D eigenvalue weighted by molar-refractivity contribution is 6.57. The molecule has 0 radical (unpaired) electrons. The number of nitrogens with zero attached hydrogens (tertiary/aromatic N) is 2. The van der Waals surface area contributed by atoms with Crippen LogP contribution in [0.3, 0.4) is 0 Å². The second kappa shape index (κ2) is 9.59. The summed E-state index contributed by atoms with van der Waals surface area (Å²) in [6.45, 7) is 2.96. The van der Waals surface area contributed by atoms with Crippen LogP contribution in [0.4, 0.5) is 0 Å². The second-order valence-electron chi connectivity index (χ2n) is 7.59. The Labute approximate surface area is 181 Å². The molecule has 0 bridgehead atoms. The molecule has 0 aliphatic rings. The van der Waals surface area contributed by atoms with Gasteiger partial charge >= 0.3 is 0 Å². The van der Waals surface area contributed by atoms with Crippen LogP contribution in [-0.2, 0) is 5.16 Å². The molecule has 0 saturated heterocycles. The smallest absolute Gasteiger partial charge is 0.119 e. The van der Waals surface area contributed by atoms with Crippen LogP contribution in [0.2, 0.25) is 0 Å². The Kier molecular flexibility index (Phi) is 6.45. The van der Waals surface area contributed by atoms with E-state index in [-0.39, 0.29) is 5.16 Å². The number of imidazole rings is 1. The Morgan fingerprint density at radius 1 is 0.867 bits per heavy atom. The predicted molar refractivity (Wildman–Crippen MR) is 126 cm³/mol. The highest BCUT2D eigenvalue weighted by Crippen LogP contribution is 2.33. The van der Waals surface area contributed by atoms with Crippen LogP contribution in [0.5, 0.6) is 5.75 Å². The minimum Gasteiger partial charge on any atom is -0.494 e. The number of hydrogen-bond acceptors (Lipinski definition) is 2. The molecule has 3 aromatic carbocycles. The monoisotopic (exact) mass is 412 g/mol. The van der Waals surface area contributed by atoms with E-state index < -0.39 is 9.52 Å². The third-order valence-electron chi connectivity index (χ3n) is 5.60. The summed E-state index contributed by atoms with van der Waals surface area (Å²) in [5.41, 5.74) is 2.59. The SMILES string of the molecule is CCCCOc1ccc([SiH2]C(c2ccccc2)(c2ccccc2)n2ccnc2)cc1. The summed E-state index contributed by atoms with van der Waals surface area (Å²) in [4.78, 5) is 4.40. The zero-order chi connectivity index (χ0) is 20.7. The van der Waals surface area contributed by atoms with Gasteiger partial charge in [0.25, 0.3) is 0 Å². The first-order chi connectivity index (χ1) is 14.8. The van der Waals surface area contributed by atoms with Gasteiger partial charge in [0.2, 0.25) is 0 Å². The molecule has 0 fully saturated rings. The van der Waals surface area contributed by atoms with E-state index in [1.807, 2.05) is 12.5 Å². The molecular weight excluding hydrogens is 384 g/mol. The van der Waals surface area contributed by atoms with Gasteiger partial charge in [0.05, 0.1) is 27.6 Å². The lowest BCUT2D eigenvalue weighted by Crippen LogP contribution is -2.46.